The first-order chi connectivity index (χ1) is 9.93. The molecule has 0 saturated carbocycles. The van der Waals surface area contributed by atoms with Gasteiger partial charge in [0.05, 0.1) is 11.1 Å². The molecule has 3 aliphatic rings. The summed E-state index contributed by atoms with van der Waals surface area (Å²) in [6, 6.07) is 0.00891. The molecule has 0 aromatic heterocycles. The molecule has 1 unspecified atom stereocenters. The molecule has 2 fully saturated rings. The Morgan fingerprint density at radius 3 is 2.57 bits per heavy atom. The Morgan fingerprint density at radius 1 is 1.38 bits per heavy atom. The van der Waals surface area contributed by atoms with Crippen molar-refractivity contribution in [3.63, 3.8) is 0 Å². The van der Waals surface area contributed by atoms with Crippen LogP contribution in [0.3, 0.4) is 0 Å². The maximum Gasteiger partial charge on any atom is 0.407 e. The largest absolute Gasteiger partial charge is 0.465 e. The summed E-state index contributed by atoms with van der Waals surface area (Å²) in [5, 5.41) is 9.01. The van der Waals surface area contributed by atoms with E-state index in [2.05, 4.69) is 0 Å². The number of likely N-dealkylation sites (tertiary alicyclic amines) is 2. The molecule has 114 valence electrons. The van der Waals surface area contributed by atoms with Crippen molar-refractivity contribution in [2.75, 3.05) is 19.7 Å². The summed E-state index contributed by atoms with van der Waals surface area (Å²) in [6.07, 6.45) is 2.23. The summed E-state index contributed by atoms with van der Waals surface area (Å²) in [6.45, 7) is 2.87. The van der Waals surface area contributed by atoms with E-state index < -0.39 is 17.5 Å². The van der Waals surface area contributed by atoms with Crippen LogP contribution in [0.15, 0.2) is 11.8 Å². The molecule has 3 aliphatic heterocycles. The van der Waals surface area contributed by atoms with Gasteiger partial charge in [-0.15, -0.1) is 0 Å². The third kappa shape index (κ3) is 2.16. The lowest BCUT2D eigenvalue weighted by Gasteiger charge is -2.36. The zero-order chi connectivity index (χ0) is 15.2. The van der Waals surface area contributed by atoms with Gasteiger partial charge in [-0.3, -0.25) is 4.79 Å². The van der Waals surface area contributed by atoms with E-state index in [0.717, 1.165) is 0 Å². The standard InChI is InChI=1S/C14H18N2O5/c1-9-7-14(2-4-15(5-3-14)13(19)20)12(18)16(9)10-6-11(17)21-8-10/h6,9H,2-5,7-8H2,1H3,(H,19,20). The molecule has 1 spiro atoms. The van der Waals surface area contributed by atoms with Crippen LogP contribution in [0, 0.1) is 5.41 Å². The molecule has 0 radical (unpaired) electrons. The SMILES string of the molecule is CC1CC2(CCN(C(=O)O)CC2)C(=O)N1C1=CC(=O)OC1. The normalized spacial score (nSPS) is 28.0. The van der Waals surface area contributed by atoms with Crippen LogP contribution in [-0.4, -0.2) is 58.6 Å². The van der Waals surface area contributed by atoms with E-state index in [1.54, 1.807) is 4.90 Å². The number of piperidine rings is 1. The van der Waals surface area contributed by atoms with Gasteiger partial charge < -0.3 is 19.6 Å². The topological polar surface area (TPSA) is 87.2 Å². The highest BCUT2D eigenvalue weighted by atomic mass is 16.5. The van der Waals surface area contributed by atoms with E-state index >= 15 is 0 Å². The summed E-state index contributed by atoms with van der Waals surface area (Å²) < 4.78 is 4.89. The molecule has 0 aromatic rings. The summed E-state index contributed by atoms with van der Waals surface area (Å²) in [4.78, 5) is 38.0. The van der Waals surface area contributed by atoms with Crippen LogP contribution in [-0.2, 0) is 14.3 Å². The second-order valence-corrected chi connectivity index (χ2v) is 6.02. The Balaban J connectivity index is 1.78. The second kappa shape index (κ2) is 4.75. The third-order valence-corrected chi connectivity index (χ3v) is 4.75. The first-order valence-electron chi connectivity index (χ1n) is 7.12. The number of amides is 2. The zero-order valence-electron chi connectivity index (χ0n) is 11.9. The Bertz CT molecular complexity index is 533. The molecule has 2 saturated heterocycles. The number of rotatable bonds is 1. The molecule has 7 nitrogen and oxygen atoms in total. The fraction of sp³-hybridized carbons (Fsp3) is 0.643. The van der Waals surface area contributed by atoms with Gasteiger partial charge in [0.2, 0.25) is 5.91 Å². The maximum absolute atomic E-state index is 12.8. The van der Waals surface area contributed by atoms with Crippen LogP contribution in [0.25, 0.3) is 0 Å². The minimum Gasteiger partial charge on any atom is -0.465 e. The maximum atomic E-state index is 12.8. The number of esters is 1. The predicted molar refractivity (Wildman–Crippen MR) is 71.2 cm³/mol. The number of hydrogen-bond acceptors (Lipinski definition) is 4. The van der Waals surface area contributed by atoms with E-state index in [1.165, 1.54) is 11.0 Å². The molecule has 7 heteroatoms. The minimum atomic E-state index is -0.933. The van der Waals surface area contributed by atoms with Crippen LogP contribution in [0.2, 0.25) is 0 Å². The number of carbonyl (C=O) groups excluding carboxylic acids is 2. The highest BCUT2D eigenvalue weighted by Gasteiger charge is 2.53. The van der Waals surface area contributed by atoms with Gasteiger partial charge in [-0.05, 0) is 26.2 Å². The van der Waals surface area contributed by atoms with Crippen LogP contribution in [0.1, 0.15) is 26.2 Å². The van der Waals surface area contributed by atoms with E-state index in [9.17, 15) is 14.4 Å². The van der Waals surface area contributed by atoms with Crippen molar-refractivity contribution in [2.45, 2.75) is 32.2 Å². The first-order valence-corrected chi connectivity index (χ1v) is 7.12. The molecule has 0 aliphatic carbocycles. The summed E-state index contributed by atoms with van der Waals surface area (Å²) in [7, 11) is 0. The van der Waals surface area contributed by atoms with Gasteiger partial charge in [0.15, 0.2) is 0 Å². The molecule has 3 rings (SSSR count). The van der Waals surface area contributed by atoms with Gasteiger partial charge in [0, 0.05) is 25.2 Å². The molecular weight excluding hydrogens is 276 g/mol. The third-order valence-electron chi connectivity index (χ3n) is 4.75. The first kappa shape index (κ1) is 13.9. The van der Waals surface area contributed by atoms with Crippen molar-refractivity contribution < 1.29 is 24.2 Å². The number of nitrogens with zero attached hydrogens (tertiary/aromatic N) is 2. The van der Waals surface area contributed by atoms with Gasteiger partial charge in [0.25, 0.3) is 0 Å². The number of carboxylic acid groups (broad SMARTS) is 1. The van der Waals surface area contributed by atoms with Crippen LogP contribution < -0.4 is 0 Å². The predicted octanol–water partition coefficient (Wildman–Crippen LogP) is 0.808. The molecule has 3 heterocycles. The number of carbonyl (C=O) groups is 3. The summed E-state index contributed by atoms with van der Waals surface area (Å²) in [5.74, 6) is -0.406. The average molecular weight is 294 g/mol. The van der Waals surface area contributed by atoms with Crippen molar-refractivity contribution in [1.29, 1.82) is 0 Å². The van der Waals surface area contributed by atoms with Crippen LogP contribution in [0.4, 0.5) is 4.79 Å². The Kier molecular flexibility index (Phi) is 3.15. The van der Waals surface area contributed by atoms with Gasteiger partial charge in [0.1, 0.15) is 6.61 Å². The van der Waals surface area contributed by atoms with Crippen molar-refractivity contribution in [3.05, 3.63) is 11.8 Å². The Hall–Kier alpha value is -2.05. The van der Waals surface area contributed by atoms with Crippen molar-refractivity contribution >= 4 is 18.0 Å². The highest BCUT2D eigenvalue weighted by Crippen LogP contribution is 2.46. The highest BCUT2D eigenvalue weighted by molar-refractivity contribution is 5.91. The lowest BCUT2D eigenvalue weighted by molar-refractivity contribution is -0.138. The van der Waals surface area contributed by atoms with E-state index in [1.807, 2.05) is 6.92 Å². The number of cyclic esters (lactones) is 1. The van der Waals surface area contributed by atoms with Crippen molar-refractivity contribution in [2.24, 2.45) is 5.41 Å². The Labute approximate surface area is 122 Å². The van der Waals surface area contributed by atoms with Crippen LogP contribution >= 0.6 is 0 Å². The van der Waals surface area contributed by atoms with E-state index in [-0.39, 0.29) is 18.6 Å². The van der Waals surface area contributed by atoms with Crippen LogP contribution in [0.5, 0.6) is 0 Å². The molecule has 0 bridgehead atoms. The molecule has 1 N–H and O–H groups in total. The average Bonchev–Trinajstić information content (AvgIpc) is 2.94. The monoisotopic (exact) mass is 294 g/mol. The van der Waals surface area contributed by atoms with Gasteiger partial charge in [-0.1, -0.05) is 0 Å². The molecule has 1 atom stereocenters. The second-order valence-electron chi connectivity index (χ2n) is 6.02. The lowest BCUT2D eigenvalue weighted by Crippen LogP contribution is -2.46. The van der Waals surface area contributed by atoms with Crippen molar-refractivity contribution in [3.8, 4) is 0 Å². The summed E-state index contributed by atoms with van der Waals surface area (Å²) in [5.41, 5.74) is 0.132. The number of hydrogen-bond donors (Lipinski definition) is 1. The van der Waals surface area contributed by atoms with Gasteiger partial charge in [-0.2, -0.15) is 0 Å². The smallest absolute Gasteiger partial charge is 0.407 e. The van der Waals surface area contributed by atoms with Gasteiger partial charge >= 0.3 is 12.1 Å². The molecule has 21 heavy (non-hydrogen) atoms. The molecular formula is C14H18N2O5. The van der Waals surface area contributed by atoms with E-state index in [4.69, 9.17) is 9.84 Å². The summed E-state index contributed by atoms with van der Waals surface area (Å²) >= 11 is 0. The van der Waals surface area contributed by atoms with Gasteiger partial charge in [-0.25, -0.2) is 9.59 Å². The Morgan fingerprint density at radius 2 is 2.05 bits per heavy atom. The molecule has 2 amide bonds. The minimum absolute atomic E-state index is 0.00425. The zero-order valence-corrected chi connectivity index (χ0v) is 11.9. The molecule has 0 aromatic carbocycles. The fourth-order valence-corrected chi connectivity index (χ4v) is 3.66. The number of ether oxygens (including phenoxy) is 1. The van der Waals surface area contributed by atoms with Crippen molar-refractivity contribution in [1.82, 2.24) is 9.80 Å². The van der Waals surface area contributed by atoms with E-state index in [0.29, 0.717) is 38.0 Å². The fourth-order valence-electron chi connectivity index (χ4n) is 3.66. The quantitative estimate of drug-likeness (QED) is 0.723. The lowest BCUT2D eigenvalue weighted by atomic mass is 9.76.